The molecule has 1 aliphatic rings. The Labute approximate surface area is 101 Å². The first-order chi connectivity index (χ1) is 8.31. The Kier molecular flexibility index (Phi) is 3.61. The van der Waals surface area contributed by atoms with Crippen molar-refractivity contribution in [3.05, 3.63) is 35.9 Å². The van der Waals surface area contributed by atoms with E-state index in [-0.39, 0.29) is 11.9 Å². The van der Waals surface area contributed by atoms with E-state index >= 15 is 0 Å². The van der Waals surface area contributed by atoms with Gasteiger partial charge in [-0.2, -0.15) is 5.26 Å². The van der Waals surface area contributed by atoms with Gasteiger partial charge in [0, 0.05) is 18.7 Å². The summed E-state index contributed by atoms with van der Waals surface area (Å²) in [6.07, 6.45) is 4.16. The van der Waals surface area contributed by atoms with Crippen LogP contribution in [0.1, 0.15) is 23.2 Å². The lowest BCUT2D eigenvalue weighted by atomic mass is 10.2. The fourth-order valence-corrected chi connectivity index (χ4v) is 2.08. The molecule has 1 aromatic rings. The maximum Gasteiger partial charge on any atom is 0.251 e. The van der Waals surface area contributed by atoms with Crippen LogP contribution in [0.2, 0.25) is 0 Å². The number of nitrogens with one attached hydrogen (secondary N) is 1. The highest BCUT2D eigenvalue weighted by atomic mass is 16.1. The zero-order valence-electron chi connectivity index (χ0n) is 9.60. The minimum Gasteiger partial charge on any atom is -0.350 e. The largest absolute Gasteiger partial charge is 0.350 e. The van der Waals surface area contributed by atoms with Gasteiger partial charge in [0.05, 0.1) is 6.04 Å². The van der Waals surface area contributed by atoms with E-state index in [1.807, 2.05) is 18.2 Å². The number of carbonyl (C=O) groups excluding carboxylic acids is 1. The molecule has 1 N–H and O–H groups in total. The highest BCUT2D eigenvalue weighted by Gasteiger charge is 2.23. The average Bonchev–Trinajstić information content (AvgIpc) is 2.84. The van der Waals surface area contributed by atoms with E-state index in [0.717, 1.165) is 19.4 Å². The molecule has 0 radical (unpaired) electrons. The maximum atomic E-state index is 11.8. The van der Waals surface area contributed by atoms with Gasteiger partial charge in [0.25, 0.3) is 5.91 Å². The molecule has 1 aromatic carbocycles. The molecule has 0 unspecified atom stereocenters. The highest BCUT2D eigenvalue weighted by Crippen LogP contribution is 2.14. The number of benzene rings is 1. The van der Waals surface area contributed by atoms with Gasteiger partial charge < -0.3 is 10.2 Å². The molecule has 1 atom stereocenters. The second-order valence-electron chi connectivity index (χ2n) is 4.17. The van der Waals surface area contributed by atoms with Crippen LogP contribution in [0.25, 0.3) is 0 Å². The molecular weight excluding hydrogens is 214 g/mol. The van der Waals surface area contributed by atoms with Crippen molar-refractivity contribution in [1.82, 2.24) is 10.2 Å². The summed E-state index contributed by atoms with van der Waals surface area (Å²) in [6.45, 7) is 1.35. The fraction of sp³-hybridized carbons (Fsp3) is 0.385. The third-order valence-corrected chi connectivity index (χ3v) is 3.04. The number of hydrogen-bond donors (Lipinski definition) is 1. The predicted octanol–water partition coefficient (Wildman–Crippen LogP) is 1.36. The van der Waals surface area contributed by atoms with Crippen LogP contribution >= 0.6 is 0 Å². The maximum absolute atomic E-state index is 11.8. The number of likely N-dealkylation sites (tertiary alicyclic amines) is 1. The van der Waals surface area contributed by atoms with E-state index < -0.39 is 0 Å². The lowest BCUT2D eigenvalue weighted by Gasteiger charge is -2.18. The molecule has 17 heavy (non-hydrogen) atoms. The van der Waals surface area contributed by atoms with E-state index in [9.17, 15) is 4.79 Å². The Morgan fingerprint density at radius 3 is 2.94 bits per heavy atom. The fourth-order valence-electron chi connectivity index (χ4n) is 2.08. The monoisotopic (exact) mass is 229 g/mol. The van der Waals surface area contributed by atoms with Crippen LogP contribution in [0, 0.1) is 11.5 Å². The quantitative estimate of drug-likeness (QED) is 0.796. The molecule has 1 heterocycles. The first-order valence-corrected chi connectivity index (χ1v) is 5.81. The first kappa shape index (κ1) is 11.5. The standard InChI is InChI=1S/C13H15N3O/c14-10-16-8-4-7-12(16)9-15-13(17)11-5-2-1-3-6-11/h1-3,5-6,12H,4,7-9H2,(H,15,17)/t12-/m0/s1. The Morgan fingerprint density at radius 1 is 1.47 bits per heavy atom. The minimum atomic E-state index is -0.0737. The van der Waals surface area contributed by atoms with Gasteiger partial charge in [-0.3, -0.25) is 4.79 Å². The molecule has 0 spiro atoms. The van der Waals surface area contributed by atoms with Gasteiger partial charge >= 0.3 is 0 Å². The molecule has 2 rings (SSSR count). The molecule has 1 amide bonds. The van der Waals surface area contributed by atoms with Gasteiger partial charge in [-0.15, -0.1) is 0 Å². The smallest absolute Gasteiger partial charge is 0.251 e. The Morgan fingerprint density at radius 2 is 2.24 bits per heavy atom. The van der Waals surface area contributed by atoms with Gasteiger partial charge in [-0.1, -0.05) is 18.2 Å². The number of amides is 1. The van der Waals surface area contributed by atoms with E-state index in [1.54, 1.807) is 17.0 Å². The van der Waals surface area contributed by atoms with Crippen molar-refractivity contribution in [3.8, 4) is 6.19 Å². The van der Waals surface area contributed by atoms with Crippen molar-refractivity contribution in [2.75, 3.05) is 13.1 Å². The van der Waals surface area contributed by atoms with Crippen molar-refractivity contribution < 1.29 is 4.79 Å². The van der Waals surface area contributed by atoms with Crippen molar-refractivity contribution in [2.24, 2.45) is 0 Å². The molecule has 88 valence electrons. The summed E-state index contributed by atoms with van der Waals surface area (Å²) in [5.74, 6) is -0.0737. The number of hydrogen-bond acceptors (Lipinski definition) is 3. The molecule has 1 saturated heterocycles. The molecule has 1 fully saturated rings. The normalized spacial score (nSPS) is 18.8. The summed E-state index contributed by atoms with van der Waals surface area (Å²) in [5, 5.41) is 11.8. The van der Waals surface area contributed by atoms with Gasteiger partial charge in [0.1, 0.15) is 0 Å². The van der Waals surface area contributed by atoms with E-state index in [1.165, 1.54) is 0 Å². The van der Waals surface area contributed by atoms with Crippen molar-refractivity contribution in [1.29, 1.82) is 5.26 Å². The zero-order chi connectivity index (χ0) is 12.1. The SMILES string of the molecule is N#CN1CCC[C@H]1CNC(=O)c1ccccc1. The van der Waals surface area contributed by atoms with E-state index in [4.69, 9.17) is 5.26 Å². The Bertz CT molecular complexity index is 424. The third-order valence-electron chi connectivity index (χ3n) is 3.04. The molecule has 0 bridgehead atoms. The molecule has 4 heteroatoms. The number of rotatable bonds is 3. The van der Waals surface area contributed by atoms with Crippen molar-refractivity contribution in [3.63, 3.8) is 0 Å². The van der Waals surface area contributed by atoms with Crippen LogP contribution in [0.5, 0.6) is 0 Å². The predicted molar refractivity (Wildman–Crippen MR) is 64.1 cm³/mol. The topological polar surface area (TPSA) is 56.1 Å². The van der Waals surface area contributed by atoms with Crippen LogP contribution in [0.3, 0.4) is 0 Å². The number of nitriles is 1. The van der Waals surface area contributed by atoms with Gasteiger partial charge in [0.15, 0.2) is 6.19 Å². The number of carbonyl (C=O) groups is 1. The summed E-state index contributed by atoms with van der Waals surface area (Å²) in [4.78, 5) is 13.5. The average molecular weight is 229 g/mol. The highest BCUT2D eigenvalue weighted by molar-refractivity contribution is 5.94. The second-order valence-corrected chi connectivity index (χ2v) is 4.17. The Hall–Kier alpha value is -2.02. The van der Waals surface area contributed by atoms with Gasteiger partial charge in [-0.25, -0.2) is 0 Å². The van der Waals surface area contributed by atoms with Crippen LogP contribution in [0.15, 0.2) is 30.3 Å². The van der Waals surface area contributed by atoms with Crippen LogP contribution in [-0.4, -0.2) is 29.9 Å². The van der Waals surface area contributed by atoms with Crippen molar-refractivity contribution in [2.45, 2.75) is 18.9 Å². The molecule has 1 aliphatic heterocycles. The van der Waals surface area contributed by atoms with E-state index in [2.05, 4.69) is 11.5 Å². The Balaban J connectivity index is 1.87. The van der Waals surface area contributed by atoms with Crippen molar-refractivity contribution >= 4 is 5.91 Å². The lowest BCUT2D eigenvalue weighted by Crippen LogP contribution is -2.37. The van der Waals surface area contributed by atoms with Crippen LogP contribution in [-0.2, 0) is 0 Å². The zero-order valence-corrected chi connectivity index (χ0v) is 9.60. The molecular formula is C13H15N3O. The first-order valence-electron chi connectivity index (χ1n) is 5.81. The third kappa shape index (κ3) is 2.76. The molecule has 0 saturated carbocycles. The molecule has 0 aliphatic carbocycles. The van der Waals surface area contributed by atoms with E-state index in [0.29, 0.717) is 12.1 Å². The van der Waals surface area contributed by atoms with Crippen LogP contribution in [0.4, 0.5) is 0 Å². The summed E-state index contributed by atoms with van der Waals surface area (Å²) < 4.78 is 0. The minimum absolute atomic E-state index is 0.0737. The lowest BCUT2D eigenvalue weighted by molar-refractivity contribution is 0.0945. The van der Waals surface area contributed by atoms with Crippen LogP contribution < -0.4 is 5.32 Å². The van der Waals surface area contributed by atoms with Gasteiger partial charge in [-0.05, 0) is 25.0 Å². The summed E-state index contributed by atoms with van der Waals surface area (Å²) in [7, 11) is 0. The summed E-state index contributed by atoms with van der Waals surface area (Å²) >= 11 is 0. The number of nitrogens with zero attached hydrogens (tertiary/aromatic N) is 2. The summed E-state index contributed by atoms with van der Waals surface area (Å²) in [6, 6.07) is 9.29. The summed E-state index contributed by atoms with van der Waals surface area (Å²) in [5.41, 5.74) is 0.661. The molecule has 4 nitrogen and oxygen atoms in total. The second kappa shape index (κ2) is 5.35. The van der Waals surface area contributed by atoms with Gasteiger partial charge in [0.2, 0.25) is 0 Å². The molecule has 0 aromatic heterocycles.